The SMILES string of the molecule is S=Cc1ccccc1S. The molecule has 0 saturated carbocycles. The zero-order chi connectivity index (χ0) is 6.69. The van der Waals surface area contributed by atoms with Gasteiger partial charge in [-0.25, -0.2) is 0 Å². The summed E-state index contributed by atoms with van der Waals surface area (Å²) in [5.74, 6) is 0. The molecule has 0 heterocycles. The molecule has 0 spiro atoms. The number of hydrogen-bond acceptors (Lipinski definition) is 2. The van der Waals surface area contributed by atoms with Crippen molar-refractivity contribution in [2.24, 2.45) is 0 Å². The lowest BCUT2D eigenvalue weighted by atomic mass is 10.2. The third kappa shape index (κ3) is 1.53. The van der Waals surface area contributed by atoms with Gasteiger partial charge in [0.25, 0.3) is 0 Å². The third-order valence-corrected chi connectivity index (χ3v) is 1.72. The van der Waals surface area contributed by atoms with Gasteiger partial charge < -0.3 is 0 Å². The average molecular weight is 154 g/mol. The van der Waals surface area contributed by atoms with Crippen molar-refractivity contribution in [2.45, 2.75) is 4.90 Å². The van der Waals surface area contributed by atoms with Crippen LogP contribution in [0.2, 0.25) is 0 Å². The summed E-state index contributed by atoms with van der Waals surface area (Å²) in [6.45, 7) is 0. The van der Waals surface area contributed by atoms with Gasteiger partial charge in [0.1, 0.15) is 0 Å². The quantitative estimate of drug-likeness (QED) is 0.478. The molecule has 0 aromatic heterocycles. The van der Waals surface area contributed by atoms with Crippen LogP contribution in [-0.4, -0.2) is 5.37 Å². The van der Waals surface area contributed by atoms with E-state index in [1.165, 1.54) is 0 Å². The smallest absolute Gasteiger partial charge is 0.0121 e. The second kappa shape index (κ2) is 2.99. The summed E-state index contributed by atoms with van der Waals surface area (Å²) in [4.78, 5) is 0.938. The number of hydrogen-bond donors (Lipinski definition) is 1. The Morgan fingerprint density at radius 2 is 2.00 bits per heavy atom. The van der Waals surface area contributed by atoms with Crippen molar-refractivity contribution >= 4 is 30.2 Å². The van der Waals surface area contributed by atoms with Crippen LogP contribution in [0, 0.1) is 0 Å². The van der Waals surface area contributed by atoms with Crippen LogP contribution in [0.15, 0.2) is 29.2 Å². The van der Waals surface area contributed by atoms with Crippen molar-refractivity contribution in [3.8, 4) is 0 Å². The number of thiol groups is 1. The topological polar surface area (TPSA) is 0 Å². The maximum Gasteiger partial charge on any atom is 0.0121 e. The van der Waals surface area contributed by atoms with Gasteiger partial charge in [-0.3, -0.25) is 0 Å². The van der Waals surface area contributed by atoms with Gasteiger partial charge in [-0.1, -0.05) is 30.4 Å². The Labute approximate surface area is 65.3 Å². The highest BCUT2D eigenvalue weighted by Crippen LogP contribution is 2.09. The summed E-state index contributed by atoms with van der Waals surface area (Å²) < 4.78 is 0. The van der Waals surface area contributed by atoms with E-state index in [9.17, 15) is 0 Å². The predicted molar refractivity (Wildman–Crippen MR) is 46.5 cm³/mol. The first-order chi connectivity index (χ1) is 4.34. The summed E-state index contributed by atoms with van der Waals surface area (Å²) in [5, 5.41) is 1.63. The van der Waals surface area contributed by atoms with Gasteiger partial charge in [0.2, 0.25) is 0 Å². The molecule has 0 radical (unpaired) electrons. The molecule has 0 amide bonds. The van der Waals surface area contributed by atoms with Gasteiger partial charge in [-0.05, 0) is 11.6 Å². The highest BCUT2D eigenvalue weighted by Gasteiger charge is 1.88. The Kier molecular flexibility index (Phi) is 2.25. The first-order valence-corrected chi connectivity index (χ1v) is 3.49. The maximum atomic E-state index is 4.73. The molecule has 1 aromatic carbocycles. The standard InChI is InChI=1S/C7H6S2/c8-5-6-3-1-2-4-7(6)9/h1-5,9H. The van der Waals surface area contributed by atoms with Gasteiger partial charge >= 0.3 is 0 Å². The lowest BCUT2D eigenvalue weighted by Crippen LogP contribution is -1.77. The van der Waals surface area contributed by atoms with E-state index in [-0.39, 0.29) is 0 Å². The number of thiocarbonyl (C=S) groups is 1. The second-order valence-electron chi connectivity index (χ2n) is 1.68. The highest BCUT2D eigenvalue weighted by molar-refractivity contribution is 7.81. The minimum Gasteiger partial charge on any atom is -0.143 e. The summed E-state index contributed by atoms with van der Waals surface area (Å²) in [5.41, 5.74) is 1.01. The zero-order valence-corrected chi connectivity index (χ0v) is 6.45. The van der Waals surface area contributed by atoms with Crippen molar-refractivity contribution in [3.63, 3.8) is 0 Å². The van der Waals surface area contributed by atoms with Gasteiger partial charge in [0.05, 0.1) is 0 Å². The molecule has 0 saturated heterocycles. The lowest BCUT2D eigenvalue weighted by Gasteiger charge is -1.93. The van der Waals surface area contributed by atoms with E-state index in [4.69, 9.17) is 12.2 Å². The molecule has 0 aliphatic carbocycles. The van der Waals surface area contributed by atoms with Crippen molar-refractivity contribution in [1.29, 1.82) is 0 Å². The molecular weight excluding hydrogens is 148 g/mol. The number of rotatable bonds is 1. The Balaban J connectivity index is 3.15. The molecule has 0 nitrogen and oxygen atoms in total. The van der Waals surface area contributed by atoms with E-state index >= 15 is 0 Å². The van der Waals surface area contributed by atoms with Crippen LogP contribution in [0.1, 0.15) is 5.56 Å². The van der Waals surface area contributed by atoms with Crippen LogP contribution in [0.4, 0.5) is 0 Å². The largest absolute Gasteiger partial charge is 0.143 e. The van der Waals surface area contributed by atoms with Crippen LogP contribution >= 0.6 is 24.8 Å². The van der Waals surface area contributed by atoms with E-state index < -0.39 is 0 Å². The highest BCUT2D eigenvalue weighted by atomic mass is 32.1. The van der Waals surface area contributed by atoms with Crippen LogP contribution in [0.25, 0.3) is 0 Å². The molecule has 46 valence electrons. The van der Waals surface area contributed by atoms with Gasteiger partial charge in [-0.2, -0.15) is 0 Å². The molecule has 0 bridgehead atoms. The van der Waals surface area contributed by atoms with E-state index in [0.29, 0.717) is 0 Å². The Morgan fingerprint density at radius 1 is 1.33 bits per heavy atom. The van der Waals surface area contributed by atoms with E-state index in [0.717, 1.165) is 10.5 Å². The van der Waals surface area contributed by atoms with E-state index in [1.807, 2.05) is 24.3 Å². The first-order valence-electron chi connectivity index (χ1n) is 2.58. The summed E-state index contributed by atoms with van der Waals surface area (Å²) in [6.07, 6.45) is 0. The minimum atomic E-state index is 0.938. The second-order valence-corrected chi connectivity index (χ2v) is 2.39. The maximum absolute atomic E-state index is 4.73. The molecule has 0 aliphatic heterocycles. The van der Waals surface area contributed by atoms with Crippen LogP contribution < -0.4 is 0 Å². The average Bonchev–Trinajstić information content (AvgIpc) is 1.89. The minimum absolute atomic E-state index is 0.938. The van der Waals surface area contributed by atoms with Gasteiger partial charge in [0, 0.05) is 10.3 Å². The summed E-state index contributed by atoms with van der Waals surface area (Å²) in [7, 11) is 0. The summed E-state index contributed by atoms with van der Waals surface area (Å²) >= 11 is 8.91. The van der Waals surface area contributed by atoms with Gasteiger partial charge in [0.15, 0.2) is 0 Å². The van der Waals surface area contributed by atoms with Crippen molar-refractivity contribution in [1.82, 2.24) is 0 Å². The van der Waals surface area contributed by atoms with Crippen molar-refractivity contribution < 1.29 is 0 Å². The van der Waals surface area contributed by atoms with Crippen LogP contribution in [0.5, 0.6) is 0 Å². The molecule has 0 N–H and O–H groups in total. The molecule has 1 rings (SSSR count). The fourth-order valence-electron chi connectivity index (χ4n) is 0.587. The van der Waals surface area contributed by atoms with E-state index in [2.05, 4.69) is 12.6 Å². The monoisotopic (exact) mass is 154 g/mol. The summed E-state index contributed by atoms with van der Waals surface area (Å²) in [6, 6.07) is 7.74. The molecule has 1 aromatic rings. The molecule has 0 aliphatic rings. The normalized spacial score (nSPS) is 9.00. The van der Waals surface area contributed by atoms with E-state index in [1.54, 1.807) is 5.37 Å². The Hall–Kier alpha value is -0.340. The molecule has 0 atom stereocenters. The fraction of sp³-hybridized carbons (Fsp3) is 0. The molecule has 0 fully saturated rings. The Morgan fingerprint density at radius 3 is 2.44 bits per heavy atom. The van der Waals surface area contributed by atoms with Gasteiger partial charge in [-0.15, -0.1) is 12.6 Å². The predicted octanol–water partition coefficient (Wildman–Crippen LogP) is 2.32. The zero-order valence-electron chi connectivity index (χ0n) is 4.74. The first kappa shape index (κ1) is 6.78. The third-order valence-electron chi connectivity index (χ3n) is 1.06. The van der Waals surface area contributed by atoms with Crippen molar-refractivity contribution in [2.75, 3.05) is 0 Å². The molecular formula is C7H6S2. The lowest BCUT2D eigenvalue weighted by molar-refractivity contribution is 1.46. The molecule has 2 heteroatoms. The number of benzene rings is 1. The van der Waals surface area contributed by atoms with Crippen LogP contribution in [0.3, 0.4) is 0 Å². The molecule has 0 unspecified atom stereocenters. The van der Waals surface area contributed by atoms with Crippen molar-refractivity contribution in [3.05, 3.63) is 29.8 Å². The fourth-order valence-corrected chi connectivity index (χ4v) is 1.11. The Bertz CT molecular complexity index is 218. The van der Waals surface area contributed by atoms with Crippen LogP contribution in [-0.2, 0) is 0 Å². The molecule has 9 heavy (non-hydrogen) atoms.